The lowest BCUT2D eigenvalue weighted by Gasteiger charge is -2.10. The number of halogens is 1. The highest BCUT2D eigenvalue weighted by molar-refractivity contribution is 5.94. The highest BCUT2D eigenvalue weighted by Crippen LogP contribution is 2.33. The van der Waals surface area contributed by atoms with Crippen molar-refractivity contribution in [1.82, 2.24) is 14.5 Å². The minimum Gasteiger partial charge on any atom is -0.497 e. The molecule has 0 unspecified atom stereocenters. The van der Waals surface area contributed by atoms with E-state index in [9.17, 15) is 4.39 Å². The first-order valence-corrected chi connectivity index (χ1v) is 8.58. The molecular formula is C21H19FN4O. The van der Waals surface area contributed by atoms with E-state index in [4.69, 9.17) is 4.74 Å². The third-order valence-electron chi connectivity index (χ3n) is 4.71. The van der Waals surface area contributed by atoms with Crippen LogP contribution in [-0.2, 0) is 0 Å². The summed E-state index contributed by atoms with van der Waals surface area (Å²) in [6.07, 6.45) is 1.53. The van der Waals surface area contributed by atoms with Gasteiger partial charge >= 0.3 is 0 Å². The van der Waals surface area contributed by atoms with E-state index in [1.54, 1.807) is 19.2 Å². The van der Waals surface area contributed by atoms with Crippen LogP contribution in [0.2, 0.25) is 0 Å². The fourth-order valence-corrected chi connectivity index (χ4v) is 3.24. The quantitative estimate of drug-likeness (QED) is 0.559. The summed E-state index contributed by atoms with van der Waals surface area (Å²) < 4.78 is 20.6. The summed E-state index contributed by atoms with van der Waals surface area (Å²) in [5.74, 6) is 1.22. The lowest BCUT2D eigenvalue weighted by Crippen LogP contribution is -2.00. The van der Waals surface area contributed by atoms with Gasteiger partial charge in [0, 0.05) is 23.1 Å². The van der Waals surface area contributed by atoms with Crippen LogP contribution in [0.3, 0.4) is 0 Å². The van der Waals surface area contributed by atoms with Gasteiger partial charge in [-0.25, -0.2) is 14.4 Å². The molecule has 2 aromatic heterocycles. The zero-order valence-electron chi connectivity index (χ0n) is 15.3. The van der Waals surface area contributed by atoms with Crippen molar-refractivity contribution in [2.24, 2.45) is 0 Å². The molecule has 0 fully saturated rings. The van der Waals surface area contributed by atoms with Gasteiger partial charge in [0.2, 0.25) is 0 Å². The highest BCUT2D eigenvalue weighted by atomic mass is 19.1. The van der Waals surface area contributed by atoms with E-state index < -0.39 is 0 Å². The maximum atomic E-state index is 13.3. The summed E-state index contributed by atoms with van der Waals surface area (Å²) in [6, 6.07) is 14.1. The van der Waals surface area contributed by atoms with Crippen LogP contribution in [0.15, 0.2) is 54.9 Å². The molecule has 5 nitrogen and oxygen atoms in total. The number of aryl methyl sites for hydroxylation is 1. The van der Waals surface area contributed by atoms with E-state index in [2.05, 4.69) is 15.3 Å². The molecule has 4 aromatic rings. The average Bonchev–Trinajstić information content (AvgIpc) is 2.94. The van der Waals surface area contributed by atoms with E-state index in [1.165, 1.54) is 18.5 Å². The fraction of sp³-hybridized carbons (Fsp3) is 0.143. The molecule has 6 heteroatoms. The van der Waals surface area contributed by atoms with Crippen molar-refractivity contribution >= 4 is 22.5 Å². The monoisotopic (exact) mass is 362 g/mol. The second-order valence-electron chi connectivity index (χ2n) is 6.30. The van der Waals surface area contributed by atoms with Crippen LogP contribution in [0.1, 0.15) is 11.3 Å². The molecule has 1 N–H and O–H groups in total. The minimum absolute atomic E-state index is 0.264. The molecular weight excluding hydrogens is 343 g/mol. The van der Waals surface area contributed by atoms with Crippen LogP contribution in [0.5, 0.6) is 5.75 Å². The zero-order chi connectivity index (χ0) is 19.0. The fourth-order valence-electron chi connectivity index (χ4n) is 3.24. The topological polar surface area (TPSA) is 52.0 Å². The first kappa shape index (κ1) is 17.0. The van der Waals surface area contributed by atoms with E-state index in [0.717, 1.165) is 45.2 Å². The van der Waals surface area contributed by atoms with E-state index in [-0.39, 0.29) is 5.82 Å². The van der Waals surface area contributed by atoms with Gasteiger partial charge in [0.1, 0.15) is 23.7 Å². The highest BCUT2D eigenvalue weighted by Gasteiger charge is 2.17. The molecule has 0 aliphatic rings. The second-order valence-corrected chi connectivity index (χ2v) is 6.30. The van der Waals surface area contributed by atoms with Gasteiger partial charge in [-0.15, -0.1) is 0 Å². The van der Waals surface area contributed by atoms with Crippen LogP contribution in [-0.4, -0.2) is 21.6 Å². The first-order valence-electron chi connectivity index (χ1n) is 8.58. The Kier molecular flexibility index (Phi) is 4.24. The van der Waals surface area contributed by atoms with Crippen molar-refractivity contribution in [3.63, 3.8) is 0 Å². The van der Waals surface area contributed by atoms with Crippen molar-refractivity contribution in [3.05, 3.63) is 71.9 Å². The average molecular weight is 362 g/mol. The van der Waals surface area contributed by atoms with Gasteiger partial charge in [0.05, 0.1) is 12.5 Å². The molecule has 0 radical (unpaired) electrons. The van der Waals surface area contributed by atoms with E-state index >= 15 is 0 Å². The molecule has 0 saturated heterocycles. The summed E-state index contributed by atoms with van der Waals surface area (Å²) in [6.45, 7) is 4.06. The standard InChI is InChI=1S/C21H19FN4O/c1-13-14(2)26(17-9-7-15(22)8-10-17)21-19(13)20(23-12-24-21)25-16-5-4-6-18(11-16)27-3/h4-12H,1-3H3,(H,23,24,25). The van der Waals surface area contributed by atoms with Gasteiger partial charge in [-0.2, -0.15) is 0 Å². The van der Waals surface area contributed by atoms with Crippen molar-refractivity contribution in [3.8, 4) is 11.4 Å². The van der Waals surface area contributed by atoms with E-state index in [0.29, 0.717) is 0 Å². The molecule has 0 bridgehead atoms. The van der Waals surface area contributed by atoms with Crippen LogP contribution in [0.4, 0.5) is 15.9 Å². The minimum atomic E-state index is -0.264. The lowest BCUT2D eigenvalue weighted by atomic mass is 10.2. The number of anilines is 2. The predicted molar refractivity (Wildman–Crippen MR) is 105 cm³/mol. The maximum Gasteiger partial charge on any atom is 0.150 e. The SMILES string of the molecule is COc1cccc(Nc2ncnc3c2c(C)c(C)n3-c2ccc(F)cc2)c1. The summed E-state index contributed by atoms with van der Waals surface area (Å²) in [4.78, 5) is 8.94. The van der Waals surface area contributed by atoms with Gasteiger partial charge < -0.3 is 10.1 Å². The number of fused-ring (bicyclic) bond motifs is 1. The van der Waals surface area contributed by atoms with Crippen molar-refractivity contribution in [2.45, 2.75) is 13.8 Å². The molecule has 0 amide bonds. The molecule has 27 heavy (non-hydrogen) atoms. The number of hydrogen-bond donors (Lipinski definition) is 1. The van der Waals surface area contributed by atoms with E-state index in [1.807, 2.05) is 42.7 Å². The summed E-state index contributed by atoms with van der Waals surface area (Å²) in [5.41, 5.74) is 4.61. The Morgan fingerprint density at radius 1 is 1.04 bits per heavy atom. The molecule has 4 rings (SSSR count). The van der Waals surface area contributed by atoms with Crippen molar-refractivity contribution < 1.29 is 9.13 Å². The smallest absolute Gasteiger partial charge is 0.150 e. The number of ether oxygens (including phenoxy) is 1. The molecule has 0 saturated carbocycles. The number of rotatable bonds is 4. The summed E-state index contributed by atoms with van der Waals surface area (Å²) in [5, 5.41) is 4.29. The molecule has 2 heterocycles. The van der Waals surface area contributed by atoms with Crippen LogP contribution in [0.25, 0.3) is 16.7 Å². The number of benzene rings is 2. The Morgan fingerprint density at radius 2 is 1.81 bits per heavy atom. The molecule has 2 aromatic carbocycles. The predicted octanol–water partition coefficient (Wildman–Crippen LogP) is 4.93. The van der Waals surface area contributed by atoms with Gasteiger partial charge in [0.25, 0.3) is 0 Å². The Morgan fingerprint density at radius 3 is 2.56 bits per heavy atom. The largest absolute Gasteiger partial charge is 0.497 e. The zero-order valence-corrected chi connectivity index (χ0v) is 15.3. The van der Waals surface area contributed by atoms with Crippen LogP contribution in [0, 0.1) is 19.7 Å². The number of hydrogen-bond acceptors (Lipinski definition) is 4. The van der Waals surface area contributed by atoms with Crippen molar-refractivity contribution in [2.75, 3.05) is 12.4 Å². The van der Waals surface area contributed by atoms with Crippen LogP contribution >= 0.6 is 0 Å². The van der Waals surface area contributed by atoms with Gasteiger partial charge in [-0.1, -0.05) is 6.07 Å². The Labute approximate surface area is 156 Å². The molecule has 0 atom stereocenters. The summed E-state index contributed by atoms with van der Waals surface area (Å²) in [7, 11) is 1.64. The second kappa shape index (κ2) is 6.72. The Balaban J connectivity index is 1.86. The number of aromatic nitrogens is 3. The van der Waals surface area contributed by atoms with Crippen LogP contribution < -0.4 is 10.1 Å². The third kappa shape index (κ3) is 2.99. The molecule has 0 aliphatic carbocycles. The Bertz CT molecular complexity index is 1120. The number of nitrogens with one attached hydrogen (secondary N) is 1. The molecule has 0 aliphatic heterocycles. The normalized spacial score (nSPS) is 11.0. The summed E-state index contributed by atoms with van der Waals surface area (Å²) >= 11 is 0. The Hall–Kier alpha value is -3.41. The maximum absolute atomic E-state index is 13.3. The molecule has 0 spiro atoms. The van der Waals surface area contributed by atoms with Crippen molar-refractivity contribution in [1.29, 1.82) is 0 Å². The number of nitrogens with zero attached hydrogens (tertiary/aromatic N) is 3. The number of methoxy groups -OCH3 is 1. The van der Waals surface area contributed by atoms with Gasteiger partial charge in [-0.05, 0) is 55.8 Å². The van der Waals surface area contributed by atoms with Gasteiger partial charge in [0.15, 0.2) is 5.65 Å². The first-order chi connectivity index (χ1) is 13.1. The third-order valence-corrected chi connectivity index (χ3v) is 4.71. The molecule has 136 valence electrons. The van der Waals surface area contributed by atoms with Gasteiger partial charge in [-0.3, -0.25) is 4.57 Å². The lowest BCUT2D eigenvalue weighted by molar-refractivity contribution is 0.415.